The van der Waals surface area contributed by atoms with Crippen LogP contribution in [0.2, 0.25) is 0 Å². The topological polar surface area (TPSA) is 86.7 Å². The van der Waals surface area contributed by atoms with E-state index in [1.807, 2.05) is 18.2 Å². The molecule has 1 aliphatic rings. The van der Waals surface area contributed by atoms with Gasteiger partial charge in [0, 0.05) is 58.1 Å². The molecule has 1 saturated heterocycles. The molecule has 0 aromatic carbocycles. The van der Waals surface area contributed by atoms with Crippen LogP contribution in [0, 0.1) is 0 Å². The number of guanidine groups is 1. The number of halogens is 1. The lowest BCUT2D eigenvalue weighted by molar-refractivity contribution is 0.299. The van der Waals surface area contributed by atoms with Crippen molar-refractivity contribution < 1.29 is 8.42 Å². The molecule has 0 radical (unpaired) electrons. The predicted molar refractivity (Wildman–Crippen MR) is 108 cm³/mol. The van der Waals surface area contributed by atoms with Gasteiger partial charge >= 0.3 is 0 Å². The SMILES string of the molecule is CN=C(NCCc1ccccn1)NCCN1CCS(=O)(=O)CC1.I. The van der Waals surface area contributed by atoms with E-state index in [0.29, 0.717) is 13.1 Å². The number of nitrogens with one attached hydrogen (secondary N) is 2. The fourth-order valence-corrected chi connectivity index (χ4v) is 3.66. The second-order valence-corrected chi connectivity index (χ2v) is 7.79. The molecule has 0 aliphatic carbocycles. The standard InChI is InChI=1S/C15H25N5O2S.HI/c1-16-15(18-7-5-14-4-2-3-6-17-14)19-8-9-20-10-12-23(21,22)13-11-20;/h2-4,6H,5,7-13H2,1H3,(H2,16,18,19);1H. The van der Waals surface area contributed by atoms with Crippen LogP contribution in [-0.4, -0.2) is 75.5 Å². The maximum absolute atomic E-state index is 11.4. The predicted octanol–water partition coefficient (Wildman–Crippen LogP) is 0.138. The average molecular weight is 467 g/mol. The summed E-state index contributed by atoms with van der Waals surface area (Å²) in [4.78, 5) is 10.6. The summed E-state index contributed by atoms with van der Waals surface area (Å²) in [5.74, 6) is 1.29. The molecule has 0 spiro atoms. The largest absolute Gasteiger partial charge is 0.356 e. The third kappa shape index (κ3) is 7.75. The lowest BCUT2D eigenvalue weighted by Gasteiger charge is -2.26. The summed E-state index contributed by atoms with van der Waals surface area (Å²) in [6.07, 6.45) is 2.63. The average Bonchev–Trinajstić information content (AvgIpc) is 2.56. The summed E-state index contributed by atoms with van der Waals surface area (Å²) in [7, 11) is -1.06. The first-order valence-electron chi connectivity index (χ1n) is 7.86. The van der Waals surface area contributed by atoms with Gasteiger partial charge in [-0.2, -0.15) is 0 Å². The summed E-state index contributed by atoms with van der Waals surface area (Å²) < 4.78 is 22.8. The number of hydrogen-bond acceptors (Lipinski definition) is 5. The molecule has 24 heavy (non-hydrogen) atoms. The Bertz CT molecular complexity index is 596. The summed E-state index contributed by atoms with van der Waals surface area (Å²) in [5.41, 5.74) is 1.05. The lowest BCUT2D eigenvalue weighted by atomic mass is 10.3. The monoisotopic (exact) mass is 467 g/mol. The molecule has 9 heteroatoms. The van der Waals surface area contributed by atoms with Crippen molar-refractivity contribution in [3.8, 4) is 0 Å². The van der Waals surface area contributed by atoms with Gasteiger partial charge in [0.05, 0.1) is 11.5 Å². The Morgan fingerprint density at radius 3 is 2.58 bits per heavy atom. The quantitative estimate of drug-likeness (QED) is 0.352. The van der Waals surface area contributed by atoms with Crippen molar-refractivity contribution in [3.05, 3.63) is 30.1 Å². The van der Waals surface area contributed by atoms with E-state index in [4.69, 9.17) is 0 Å². The zero-order valence-corrected chi connectivity index (χ0v) is 17.1. The van der Waals surface area contributed by atoms with Crippen LogP contribution in [0.3, 0.4) is 0 Å². The molecule has 0 unspecified atom stereocenters. The van der Waals surface area contributed by atoms with Crippen LogP contribution in [0.4, 0.5) is 0 Å². The minimum Gasteiger partial charge on any atom is -0.356 e. The Labute approximate surface area is 161 Å². The molecule has 2 rings (SSSR count). The van der Waals surface area contributed by atoms with E-state index in [9.17, 15) is 8.42 Å². The molecule has 2 heterocycles. The van der Waals surface area contributed by atoms with Crippen LogP contribution >= 0.6 is 24.0 Å². The number of nitrogens with zero attached hydrogens (tertiary/aromatic N) is 3. The second-order valence-electron chi connectivity index (χ2n) is 5.49. The van der Waals surface area contributed by atoms with Crippen molar-refractivity contribution in [3.63, 3.8) is 0 Å². The van der Waals surface area contributed by atoms with Gasteiger partial charge in [0.1, 0.15) is 0 Å². The summed E-state index contributed by atoms with van der Waals surface area (Å²) in [6, 6.07) is 5.89. The van der Waals surface area contributed by atoms with Gasteiger partial charge in [0.15, 0.2) is 15.8 Å². The van der Waals surface area contributed by atoms with E-state index < -0.39 is 9.84 Å². The Hall–Kier alpha value is -0.940. The molecule has 1 aromatic heterocycles. The Balaban J connectivity index is 0.00000288. The van der Waals surface area contributed by atoms with Gasteiger partial charge in [-0.05, 0) is 12.1 Å². The minimum absolute atomic E-state index is 0. The highest BCUT2D eigenvalue weighted by atomic mass is 127. The number of aromatic nitrogens is 1. The maximum atomic E-state index is 11.4. The van der Waals surface area contributed by atoms with Crippen LogP contribution in [0.15, 0.2) is 29.4 Å². The smallest absolute Gasteiger partial charge is 0.191 e. The maximum Gasteiger partial charge on any atom is 0.191 e. The molecule has 1 aromatic rings. The first-order chi connectivity index (χ1) is 11.1. The molecule has 0 amide bonds. The van der Waals surface area contributed by atoms with Crippen molar-refractivity contribution in [2.75, 3.05) is 51.3 Å². The van der Waals surface area contributed by atoms with Gasteiger partial charge in [0.25, 0.3) is 0 Å². The third-order valence-electron chi connectivity index (χ3n) is 3.78. The molecule has 7 nitrogen and oxygen atoms in total. The number of aliphatic imine (C=N–C) groups is 1. The summed E-state index contributed by atoms with van der Waals surface area (Å²) in [5, 5.41) is 6.50. The fraction of sp³-hybridized carbons (Fsp3) is 0.600. The molecule has 136 valence electrons. The van der Waals surface area contributed by atoms with Crippen molar-refractivity contribution in [2.24, 2.45) is 4.99 Å². The Morgan fingerprint density at radius 2 is 1.96 bits per heavy atom. The van der Waals surface area contributed by atoms with E-state index in [1.54, 1.807) is 13.2 Å². The number of pyridine rings is 1. The third-order valence-corrected chi connectivity index (χ3v) is 5.39. The summed E-state index contributed by atoms with van der Waals surface area (Å²) in [6.45, 7) is 3.56. The van der Waals surface area contributed by atoms with Crippen molar-refractivity contribution >= 4 is 39.8 Å². The zero-order chi connectivity index (χ0) is 16.5. The van der Waals surface area contributed by atoms with Crippen LogP contribution in [-0.2, 0) is 16.3 Å². The van der Waals surface area contributed by atoms with Crippen LogP contribution in [0.5, 0.6) is 0 Å². The first kappa shape index (κ1) is 21.1. The number of rotatable bonds is 6. The van der Waals surface area contributed by atoms with E-state index >= 15 is 0 Å². The van der Waals surface area contributed by atoms with E-state index in [2.05, 4.69) is 25.5 Å². The van der Waals surface area contributed by atoms with Gasteiger partial charge < -0.3 is 10.6 Å². The first-order valence-corrected chi connectivity index (χ1v) is 9.68. The van der Waals surface area contributed by atoms with Gasteiger partial charge in [-0.15, -0.1) is 24.0 Å². The van der Waals surface area contributed by atoms with Crippen LogP contribution < -0.4 is 10.6 Å². The van der Waals surface area contributed by atoms with Crippen LogP contribution in [0.1, 0.15) is 5.69 Å². The highest BCUT2D eigenvalue weighted by molar-refractivity contribution is 14.0. The molecule has 1 aliphatic heterocycles. The summed E-state index contributed by atoms with van der Waals surface area (Å²) >= 11 is 0. The van der Waals surface area contributed by atoms with Gasteiger partial charge in [-0.1, -0.05) is 6.07 Å². The van der Waals surface area contributed by atoms with E-state index in [-0.39, 0.29) is 35.5 Å². The molecule has 2 N–H and O–H groups in total. The molecule has 0 bridgehead atoms. The Morgan fingerprint density at radius 1 is 1.25 bits per heavy atom. The van der Waals surface area contributed by atoms with Crippen molar-refractivity contribution in [1.29, 1.82) is 0 Å². The van der Waals surface area contributed by atoms with Crippen molar-refractivity contribution in [2.45, 2.75) is 6.42 Å². The number of sulfone groups is 1. The Kier molecular flexibility index (Phi) is 9.52. The van der Waals surface area contributed by atoms with E-state index in [1.165, 1.54) is 0 Å². The lowest BCUT2D eigenvalue weighted by Crippen LogP contribution is -2.46. The molecular weight excluding hydrogens is 441 g/mol. The fourth-order valence-electron chi connectivity index (χ4n) is 2.38. The minimum atomic E-state index is -2.80. The van der Waals surface area contributed by atoms with Crippen LogP contribution in [0.25, 0.3) is 0 Å². The van der Waals surface area contributed by atoms with Crippen molar-refractivity contribution in [1.82, 2.24) is 20.5 Å². The highest BCUT2D eigenvalue weighted by Gasteiger charge is 2.20. The van der Waals surface area contributed by atoms with Gasteiger partial charge in [-0.3, -0.25) is 14.9 Å². The molecular formula is C15H26IN5O2S. The molecule has 1 fully saturated rings. The van der Waals surface area contributed by atoms with E-state index in [0.717, 1.165) is 37.7 Å². The van der Waals surface area contributed by atoms with Gasteiger partial charge in [-0.25, -0.2) is 8.42 Å². The molecule has 0 saturated carbocycles. The normalized spacial score (nSPS) is 17.8. The molecule has 0 atom stereocenters. The second kappa shape index (κ2) is 10.8. The van der Waals surface area contributed by atoms with Gasteiger partial charge in [0.2, 0.25) is 0 Å². The number of hydrogen-bond donors (Lipinski definition) is 2. The zero-order valence-electron chi connectivity index (χ0n) is 13.9. The highest BCUT2D eigenvalue weighted by Crippen LogP contribution is 2.02.